The number of nitro groups is 1. The van der Waals surface area contributed by atoms with Crippen LogP contribution >= 0.6 is 0 Å². The second kappa shape index (κ2) is 4.76. The van der Waals surface area contributed by atoms with Gasteiger partial charge in [-0.1, -0.05) is 0 Å². The summed E-state index contributed by atoms with van der Waals surface area (Å²) in [6.07, 6.45) is 0. The molecule has 0 unspecified atom stereocenters. The fourth-order valence-electron chi connectivity index (χ4n) is 2.17. The Morgan fingerprint density at radius 3 is 2.45 bits per heavy atom. The monoisotopic (exact) mass is 275 g/mol. The van der Waals surface area contributed by atoms with Gasteiger partial charge in [-0.3, -0.25) is 10.1 Å². The van der Waals surface area contributed by atoms with E-state index < -0.39 is 10.9 Å². The molecule has 0 aliphatic carbocycles. The smallest absolute Gasteiger partial charge is 0.335 e. The highest BCUT2D eigenvalue weighted by Gasteiger charge is 2.22. The molecule has 0 amide bonds. The van der Waals surface area contributed by atoms with E-state index in [1.165, 1.54) is 10.7 Å². The van der Waals surface area contributed by atoms with Crippen molar-refractivity contribution in [1.82, 2.24) is 9.78 Å². The fourth-order valence-corrected chi connectivity index (χ4v) is 2.17. The van der Waals surface area contributed by atoms with Crippen LogP contribution in [0.5, 0.6) is 0 Å². The molecule has 1 aromatic carbocycles. The topological polar surface area (TPSA) is 98.3 Å². The number of aromatic carboxylic acids is 1. The minimum atomic E-state index is -1.01. The zero-order chi connectivity index (χ0) is 15.0. The van der Waals surface area contributed by atoms with Crippen LogP contribution in [0.15, 0.2) is 18.2 Å². The minimum Gasteiger partial charge on any atom is -0.478 e. The molecule has 0 bridgehead atoms. The molecule has 0 atom stereocenters. The number of hydrogen-bond donors (Lipinski definition) is 1. The quantitative estimate of drug-likeness (QED) is 0.685. The van der Waals surface area contributed by atoms with Gasteiger partial charge in [0.1, 0.15) is 11.4 Å². The van der Waals surface area contributed by atoms with E-state index in [0.717, 1.165) is 0 Å². The van der Waals surface area contributed by atoms with Crippen LogP contribution in [0.2, 0.25) is 0 Å². The maximum atomic E-state index is 11.0. The Hall–Kier alpha value is -2.70. The third-order valence-electron chi connectivity index (χ3n) is 3.12. The molecule has 104 valence electrons. The molecule has 7 heteroatoms. The zero-order valence-corrected chi connectivity index (χ0v) is 11.2. The van der Waals surface area contributed by atoms with Crippen LogP contribution in [0.1, 0.15) is 27.3 Å². The van der Waals surface area contributed by atoms with Crippen molar-refractivity contribution in [2.45, 2.75) is 20.8 Å². The summed E-state index contributed by atoms with van der Waals surface area (Å²) in [5.41, 5.74) is 2.09. The van der Waals surface area contributed by atoms with Gasteiger partial charge in [-0.15, -0.1) is 0 Å². The second-order valence-corrected chi connectivity index (χ2v) is 4.49. The van der Waals surface area contributed by atoms with Crippen molar-refractivity contribution in [1.29, 1.82) is 0 Å². The summed E-state index contributed by atoms with van der Waals surface area (Å²) < 4.78 is 1.45. The Bertz CT molecular complexity index is 719. The van der Waals surface area contributed by atoms with Crippen molar-refractivity contribution in [2.75, 3.05) is 0 Å². The van der Waals surface area contributed by atoms with Crippen molar-refractivity contribution in [3.05, 3.63) is 50.8 Å². The van der Waals surface area contributed by atoms with Gasteiger partial charge in [-0.25, -0.2) is 9.48 Å². The van der Waals surface area contributed by atoms with Crippen LogP contribution in [-0.4, -0.2) is 25.8 Å². The van der Waals surface area contributed by atoms with Crippen LogP contribution < -0.4 is 0 Å². The molecular weight excluding hydrogens is 262 g/mol. The Kier molecular flexibility index (Phi) is 3.27. The molecule has 0 saturated carbocycles. The number of carboxylic acid groups (broad SMARTS) is 1. The number of rotatable bonds is 3. The predicted molar refractivity (Wildman–Crippen MR) is 71.4 cm³/mol. The molecule has 2 aromatic rings. The van der Waals surface area contributed by atoms with Gasteiger partial charge >= 0.3 is 11.7 Å². The van der Waals surface area contributed by atoms with Gasteiger partial charge in [0.2, 0.25) is 0 Å². The molecule has 1 aromatic heterocycles. The average molecular weight is 275 g/mol. The van der Waals surface area contributed by atoms with Crippen molar-refractivity contribution in [3.63, 3.8) is 0 Å². The van der Waals surface area contributed by atoms with E-state index in [1.807, 2.05) is 0 Å². The lowest BCUT2D eigenvalue weighted by atomic mass is 10.1. The summed E-state index contributed by atoms with van der Waals surface area (Å²) in [5, 5.41) is 24.1. The SMILES string of the molecule is Cc1cc(-n2nc(C)c([N+](=O)[O-])c2C)ccc1C(=O)O. The molecule has 0 aliphatic rings. The number of aromatic nitrogens is 2. The molecule has 1 heterocycles. The van der Waals surface area contributed by atoms with Crippen LogP contribution in [0.4, 0.5) is 5.69 Å². The van der Waals surface area contributed by atoms with Crippen LogP contribution in [0.3, 0.4) is 0 Å². The molecule has 0 fully saturated rings. The molecule has 0 saturated heterocycles. The molecule has 2 rings (SSSR count). The van der Waals surface area contributed by atoms with Gasteiger partial charge in [-0.2, -0.15) is 5.10 Å². The highest BCUT2D eigenvalue weighted by molar-refractivity contribution is 5.89. The summed E-state index contributed by atoms with van der Waals surface area (Å²) in [5.74, 6) is -1.01. The first-order valence-electron chi connectivity index (χ1n) is 5.88. The van der Waals surface area contributed by atoms with E-state index in [4.69, 9.17) is 5.11 Å². The maximum absolute atomic E-state index is 11.0. The Balaban J connectivity index is 2.58. The van der Waals surface area contributed by atoms with Gasteiger partial charge in [0.15, 0.2) is 0 Å². The van der Waals surface area contributed by atoms with Crippen molar-refractivity contribution in [2.24, 2.45) is 0 Å². The molecule has 0 aliphatic heterocycles. The summed E-state index contributed by atoms with van der Waals surface area (Å²) in [6.45, 7) is 4.85. The summed E-state index contributed by atoms with van der Waals surface area (Å²) in [7, 11) is 0. The van der Waals surface area contributed by atoms with Gasteiger partial charge in [0.05, 0.1) is 16.2 Å². The highest BCUT2D eigenvalue weighted by Crippen LogP contribution is 2.25. The number of aryl methyl sites for hydroxylation is 2. The first kappa shape index (κ1) is 13.7. The summed E-state index contributed by atoms with van der Waals surface area (Å²) >= 11 is 0. The second-order valence-electron chi connectivity index (χ2n) is 4.49. The van der Waals surface area contributed by atoms with E-state index in [9.17, 15) is 14.9 Å². The van der Waals surface area contributed by atoms with Crippen molar-refractivity contribution < 1.29 is 14.8 Å². The molecule has 7 nitrogen and oxygen atoms in total. The molecular formula is C13H13N3O4. The van der Waals surface area contributed by atoms with Crippen molar-refractivity contribution in [3.8, 4) is 5.69 Å². The molecule has 0 spiro atoms. The third kappa shape index (κ3) is 2.13. The lowest BCUT2D eigenvalue weighted by Gasteiger charge is -2.07. The number of nitrogens with zero attached hydrogens (tertiary/aromatic N) is 3. The average Bonchev–Trinajstić information content (AvgIpc) is 2.64. The Labute approximate surface area is 114 Å². The van der Waals surface area contributed by atoms with E-state index in [1.54, 1.807) is 32.9 Å². The lowest BCUT2D eigenvalue weighted by molar-refractivity contribution is -0.386. The van der Waals surface area contributed by atoms with Gasteiger partial charge in [-0.05, 0) is 44.5 Å². The van der Waals surface area contributed by atoms with Crippen LogP contribution in [0, 0.1) is 30.9 Å². The van der Waals surface area contributed by atoms with E-state index >= 15 is 0 Å². The maximum Gasteiger partial charge on any atom is 0.335 e. The summed E-state index contributed by atoms with van der Waals surface area (Å²) in [4.78, 5) is 21.5. The standard InChI is InChI=1S/C13H13N3O4/c1-7-6-10(4-5-11(7)13(17)18)15-9(3)12(16(19)20)8(2)14-15/h4-6H,1-3H3,(H,17,18). The number of carbonyl (C=O) groups is 1. The highest BCUT2D eigenvalue weighted by atomic mass is 16.6. The lowest BCUT2D eigenvalue weighted by Crippen LogP contribution is -2.04. The molecule has 0 radical (unpaired) electrons. The largest absolute Gasteiger partial charge is 0.478 e. The van der Waals surface area contributed by atoms with Gasteiger partial charge < -0.3 is 5.11 Å². The van der Waals surface area contributed by atoms with E-state index in [2.05, 4.69) is 5.10 Å². The van der Waals surface area contributed by atoms with E-state index in [0.29, 0.717) is 22.6 Å². The Morgan fingerprint density at radius 1 is 1.35 bits per heavy atom. The van der Waals surface area contributed by atoms with Crippen LogP contribution in [0.25, 0.3) is 5.69 Å². The first-order chi connectivity index (χ1) is 9.32. The third-order valence-corrected chi connectivity index (χ3v) is 3.12. The van der Waals surface area contributed by atoms with E-state index in [-0.39, 0.29) is 11.3 Å². The molecule has 1 N–H and O–H groups in total. The number of benzene rings is 1. The van der Waals surface area contributed by atoms with Gasteiger partial charge in [0.25, 0.3) is 0 Å². The van der Waals surface area contributed by atoms with Gasteiger partial charge in [0, 0.05) is 0 Å². The fraction of sp³-hybridized carbons (Fsp3) is 0.231. The zero-order valence-electron chi connectivity index (χ0n) is 11.2. The van der Waals surface area contributed by atoms with Crippen LogP contribution in [-0.2, 0) is 0 Å². The predicted octanol–water partition coefficient (Wildman–Crippen LogP) is 2.40. The first-order valence-corrected chi connectivity index (χ1v) is 5.88. The number of hydrogen-bond acceptors (Lipinski definition) is 4. The normalized spacial score (nSPS) is 10.6. The van der Waals surface area contributed by atoms with Crippen molar-refractivity contribution >= 4 is 11.7 Å². The number of carboxylic acids is 1. The Morgan fingerprint density at radius 2 is 2.00 bits per heavy atom. The molecule has 20 heavy (non-hydrogen) atoms. The summed E-state index contributed by atoms with van der Waals surface area (Å²) in [6, 6.07) is 4.70. The minimum absolute atomic E-state index is 0.0232.